The third-order valence-electron chi connectivity index (χ3n) is 11.1. The Bertz CT molecular complexity index is 2290. The molecule has 8 nitrogen and oxygen atoms in total. The minimum Gasteiger partial charge on any atom is -0.616 e. The minimum absolute atomic E-state index is 0.0977. The minimum atomic E-state index is -0.721. The van der Waals surface area contributed by atoms with Gasteiger partial charge < -0.3 is 24.5 Å². The fourth-order valence-corrected chi connectivity index (χ4v) is 10.4. The Balaban J connectivity index is 1.27. The van der Waals surface area contributed by atoms with Crippen molar-refractivity contribution in [1.29, 1.82) is 0 Å². The molecule has 1 saturated heterocycles. The standard InChI is InChI=1S/C48H47N3O5S/c1-47(2,3)56-46(53)49-29-28-42(57-48(36-17-8-5-9-18-36,37-19-10-6-11-20-37)38-21-12-7-13-22-38)41(49)32-50(45(52)35-26-27-43(55-4)51(54)31-35)40-30-34-25-24-33-16-14-15-23-39(33)44(34)40/h5-27,31,40-42H,28-30,32H2,1-4H3/t40?,41-,42-/m1/s1. The van der Waals surface area contributed by atoms with E-state index < -0.39 is 22.5 Å². The van der Waals surface area contributed by atoms with Crippen molar-refractivity contribution in [2.75, 3.05) is 20.2 Å². The Kier molecular flexibility index (Phi) is 10.4. The van der Waals surface area contributed by atoms with Crippen molar-refractivity contribution in [2.24, 2.45) is 0 Å². The van der Waals surface area contributed by atoms with E-state index in [1.54, 1.807) is 6.07 Å². The molecule has 2 heterocycles. The Morgan fingerprint density at radius 1 is 0.807 bits per heavy atom. The molecule has 290 valence electrons. The number of nitrogens with zero attached hydrogens (tertiary/aromatic N) is 3. The molecule has 0 radical (unpaired) electrons. The van der Waals surface area contributed by atoms with Crippen LogP contribution in [0.15, 0.2) is 146 Å². The van der Waals surface area contributed by atoms with Crippen LogP contribution in [0.5, 0.6) is 5.88 Å². The summed E-state index contributed by atoms with van der Waals surface area (Å²) in [5, 5.41) is 15.1. The van der Waals surface area contributed by atoms with Gasteiger partial charge in [-0.15, -0.1) is 16.5 Å². The number of pyridine rings is 1. The molecule has 8 rings (SSSR count). The van der Waals surface area contributed by atoms with Gasteiger partial charge >= 0.3 is 12.0 Å². The van der Waals surface area contributed by atoms with Gasteiger partial charge in [-0.05, 0) is 78.3 Å². The van der Waals surface area contributed by atoms with Crippen molar-refractivity contribution >= 4 is 34.5 Å². The number of benzene rings is 5. The molecule has 2 aliphatic rings. The second kappa shape index (κ2) is 15.6. The summed E-state index contributed by atoms with van der Waals surface area (Å²) in [4.78, 5) is 33.0. The van der Waals surface area contributed by atoms with Gasteiger partial charge in [-0.2, -0.15) is 0 Å². The Labute approximate surface area is 338 Å². The summed E-state index contributed by atoms with van der Waals surface area (Å²) in [7, 11) is 1.43. The lowest BCUT2D eigenvalue weighted by molar-refractivity contribution is -0.612. The maximum absolute atomic E-state index is 15.0. The molecule has 0 bridgehead atoms. The van der Waals surface area contributed by atoms with E-state index in [-0.39, 0.29) is 35.2 Å². The van der Waals surface area contributed by atoms with E-state index in [9.17, 15) is 10.0 Å². The fraction of sp³-hybridized carbons (Fsp3) is 0.271. The van der Waals surface area contributed by atoms with Gasteiger partial charge in [0.1, 0.15) is 11.2 Å². The monoisotopic (exact) mass is 777 g/mol. The van der Waals surface area contributed by atoms with Gasteiger partial charge in [0.15, 0.2) is 6.20 Å². The molecule has 0 saturated carbocycles. The summed E-state index contributed by atoms with van der Waals surface area (Å²) in [6.07, 6.45) is 2.21. The van der Waals surface area contributed by atoms with Crippen molar-refractivity contribution in [3.63, 3.8) is 0 Å². The van der Waals surface area contributed by atoms with E-state index in [2.05, 4.69) is 97.1 Å². The zero-order chi connectivity index (χ0) is 39.7. The predicted molar refractivity (Wildman–Crippen MR) is 225 cm³/mol. The molecule has 1 aliphatic heterocycles. The molecule has 1 unspecified atom stereocenters. The summed E-state index contributed by atoms with van der Waals surface area (Å²) in [6, 6.07) is 46.6. The van der Waals surface area contributed by atoms with E-state index in [1.165, 1.54) is 24.9 Å². The highest BCUT2D eigenvalue weighted by atomic mass is 32.2. The molecule has 3 atom stereocenters. The van der Waals surface area contributed by atoms with Crippen LogP contribution in [-0.4, -0.2) is 58.9 Å². The first kappa shape index (κ1) is 38.1. The fourth-order valence-electron chi connectivity index (χ4n) is 8.50. The number of thioether (sulfide) groups is 1. The van der Waals surface area contributed by atoms with E-state index in [0.717, 1.165) is 33.0 Å². The predicted octanol–water partition coefficient (Wildman–Crippen LogP) is 9.32. The van der Waals surface area contributed by atoms with Crippen LogP contribution in [0.25, 0.3) is 10.8 Å². The van der Waals surface area contributed by atoms with Crippen LogP contribution in [0.1, 0.15) is 71.4 Å². The van der Waals surface area contributed by atoms with Crippen molar-refractivity contribution in [3.05, 3.63) is 184 Å². The van der Waals surface area contributed by atoms with Gasteiger partial charge in [-0.3, -0.25) is 4.79 Å². The van der Waals surface area contributed by atoms with Gasteiger partial charge in [-0.1, -0.05) is 127 Å². The molecule has 9 heteroatoms. The largest absolute Gasteiger partial charge is 0.616 e. The quantitative estimate of drug-likeness (QED) is 0.0784. The molecule has 0 spiro atoms. The van der Waals surface area contributed by atoms with Crippen molar-refractivity contribution < 1.29 is 23.8 Å². The second-order valence-electron chi connectivity index (χ2n) is 15.8. The van der Waals surface area contributed by atoms with Gasteiger partial charge in [0.25, 0.3) is 5.91 Å². The number of hydrogen-bond acceptors (Lipinski definition) is 6. The number of ether oxygens (including phenoxy) is 2. The Hall–Kier alpha value is -5.80. The highest BCUT2D eigenvalue weighted by molar-refractivity contribution is 8.01. The second-order valence-corrected chi connectivity index (χ2v) is 17.2. The van der Waals surface area contributed by atoms with Crippen LogP contribution in [0.3, 0.4) is 0 Å². The number of carbonyl (C=O) groups excluding carboxylic acids is 2. The molecule has 57 heavy (non-hydrogen) atoms. The number of rotatable bonds is 10. The average Bonchev–Trinajstić information content (AvgIpc) is 3.61. The molecule has 5 aromatic carbocycles. The number of fused-ring (bicyclic) bond motifs is 3. The lowest BCUT2D eigenvalue weighted by atomic mass is 9.78. The molecule has 1 aliphatic carbocycles. The highest BCUT2D eigenvalue weighted by Crippen LogP contribution is 2.53. The number of likely N-dealkylation sites (tertiary alicyclic amines) is 1. The number of methoxy groups -OCH3 is 1. The lowest BCUT2D eigenvalue weighted by Gasteiger charge is -2.44. The van der Waals surface area contributed by atoms with Crippen molar-refractivity contribution in [2.45, 2.75) is 61.3 Å². The molecular weight excluding hydrogens is 731 g/mol. The first-order valence-corrected chi connectivity index (χ1v) is 20.4. The first-order valence-electron chi connectivity index (χ1n) is 19.5. The normalized spacial score (nSPS) is 17.8. The molecule has 0 N–H and O–H groups in total. The van der Waals surface area contributed by atoms with Gasteiger partial charge in [0.05, 0.1) is 30.0 Å². The number of amides is 2. The van der Waals surface area contributed by atoms with Crippen molar-refractivity contribution in [3.8, 4) is 5.88 Å². The average molecular weight is 778 g/mol. The number of carbonyl (C=O) groups is 2. The maximum atomic E-state index is 15.0. The zero-order valence-corrected chi connectivity index (χ0v) is 33.5. The molecule has 2 amide bonds. The molecule has 1 fully saturated rings. The molecule has 1 aromatic heterocycles. The van der Waals surface area contributed by atoms with Crippen LogP contribution in [-0.2, 0) is 15.9 Å². The topological polar surface area (TPSA) is 86.0 Å². The third kappa shape index (κ3) is 7.32. The summed E-state index contributed by atoms with van der Waals surface area (Å²) in [6.45, 7) is 6.31. The van der Waals surface area contributed by atoms with Gasteiger partial charge in [0.2, 0.25) is 0 Å². The summed E-state index contributed by atoms with van der Waals surface area (Å²) >= 11 is 1.83. The Morgan fingerprint density at radius 3 is 1.98 bits per heavy atom. The smallest absolute Gasteiger partial charge is 0.410 e. The third-order valence-corrected chi connectivity index (χ3v) is 13.1. The van der Waals surface area contributed by atoms with Crippen LogP contribution in [0.2, 0.25) is 0 Å². The maximum Gasteiger partial charge on any atom is 0.410 e. The van der Waals surface area contributed by atoms with Crippen LogP contribution < -0.4 is 9.47 Å². The van der Waals surface area contributed by atoms with Crippen molar-refractivity contribution in [1.82, 2.24) is 9.80 Å². The summed E-state index contributed by atoms with van der Waals surface area (Å²) in [5.41, 5.74) is 5.16. The van der Waals surface area contributed by atoms with Crippen LogP contribution >= 0.6 is 11.8 Å². The SMILES string of the molecule is COc1ccc(C(=O)N(C[C@@H]2[C@H](SC(c3ccccc3)(c3ccccc3)c3ccccc3)CCN2C(=O)OC(C)(C)C)C2Cc3ccc4ccccc4c32)c[n+]1[O-]. The van der Waals surface area contributed by atoms with Crippen LogP contribution in [0, 0.1) is 5.21 Å². The van der Waals surface area contributed by atoms with E-state index in [4.69, 9.17) is 9.47 Å². The number of aromatic nitrogens is 1. The Morgan fingerprint density at radius 2 is 1.40 bits per heavy atom. The summed E-state index contributed by atoms with van der Waals surface area (Å²) in [5.74, 6) is -0.188. The van der Waals surface area contributed by atoms with E-state index in [0.29, 0.717) is 24.1 Å². The first-order chi connectivity index (χ1) is 27.6. The lowest BCUT2D eigenvalue weighted by Crippen LogP contribution is -2.52. The highest BCUT2D eigenvalue weighted by Gasteiger charge is 2.49. The van der Waals surface area contributed by atoms with Crippen LogP contribution in [0.4, 0.5) is 4.79 Å². The van der Waals surface area contributed by atoms with E-state index in [1.807, 2.05) is 72.7 Å². The van der Waals surface area contributed by atoms with Gasteiger partial charge in [-0.25, -0.2) is 4.79 Å². The number of hydrogen-bond donors (Lipinski definition) is 0. The van der Waals surface area contributed by atoms with E-state index >= 15 is 4.79 Å². The molecular formula is C48H47N3O5S. The molecule has 6 aromatic rings. The zero-order valence-electron chi connectivity index (χ0n) is 32.7. The summed E-state index contributed by atoms with van der Waals surface area (Å²) < 4.78 is 11.2. The van der Waals surface area contributed by atoms with Gasteiger partial charge in [0, 0.05) is 18.3 Å².